The van der Waals surface area contributed by atoms with Gasteiger partial charge < -0.3 is 14.6 Å². The molecule has 5 heteroatoms. The molecular formula is C21H24N4O. The van der Waals surface area contributed by atoms with Gasteiger partial charge in [-0.05, 0) is 37.1 Å². The van der Waals surface area contributed by atoms with Gasteiger partial charge >= 0.3 is 0 Å². The lowest BCUT2D eigenvalue weighted by Gasteiger charge is -2.25. The number of nitrogens with zero attached hydrogens (tertiary/aromatic N) is 3. The molecule has 0 bridgehead atoms. The van der Waals surface area contributed by atoms with Crippen LogP contribution >= 0.6 is 0 Å². The van der Waals surface area contributed by atoms with Crippen LogP contribution < -0.4 is 10.2 Å². The van der Waals surface area contributed by atoms with Gasteiger partial charge in [-0.25, -0.2) is 4.98 Å². The number of hydrogen-bond acceptors (Lipinski definition) is 3. The van der Waals surface area contributed by atoms with Crippen molar-refractivity contribution in [3.63, 3.8) is 0 Å². The second kappa shape index (κ2) is 7.60. The number of fused-ring (bicyclic) bond motifs is 1. The number of para-hydroxylation sites is 2. The molecule has 1 aliphatic heterocycles. The van der Waals surface area contributed by atoms with Gasteiger partial charge in [-0.15, -0.1) is 0 Å². The number of pyridine rings is 1. The molecule has 1 saturated heterocycles. The molecule has 0 unspecified atom stereocenters. The molecule has 3 aromatic rings. The fourth-order valence-electron chi connectivity index (χ4n) is 3.60. The molecule has 0 atom stereocenters. The van der Waals surface area contributed by atoms with Gasteiger partial charge in [0.1, 0.15) is 5.65 Å². The molecule has 1 fully saturated rings. The Labute approximate surface area is 153 Å². The highest BCUT2D eigenvalue weighted by Crippen LogP contribution is 2.28. The maximum atomic E-state index is 12.6. The Morgan fingerprint density at radius 3 is 2.58 bits per heavy atom. The Kier molecular flexibility index (Phi) is 4.86. The minimum Gasteiger partial charge on any atom is -0.370 e. The van der Waals surface area contributed by atoms with Gasteiger partial charge in [0.15, 0.2) is 0 Å². The summed E-state index contributed by atoms with van der Waals surface area (Å²) in [5.41, 5.74) is 3.65. The maximum Gasteiger partial charge on any atom is 0.230 e. The third-order valence-corrected chi connectivity index (χ3v) is 4.88. The summed E-state index contributed by atoms with van der Waals surface area (Å²) >= 11 is 0. The van der Waals surface area contributed by atoms with E-state index in [4.69, 9.17) is 0 Å². The number of carbonyl (C=O) groups excluding carboxylic acids is 1. The highest BCUT2D eigenvalue weighted by molar-refractivity contribution is 5.95. The van der Waals surface area contributed by atoms with E-state index in [1.165, 1.54) is 25.7 Å². The standard InChI is InChI=1S/C21H24N4O/c26-21(15-17-16-25-14-8-5-11-20(25)22-17)23-18-9-3-4-10-19(18)24-12-6-1-2-7-13-24/h3-5,8-11,14,16H,1-2,6-7,12-13,15H2,(H,23,26). The molecule has 0 radical (unpaired) electrons. The minimum absolute atomic E-state index is 0.0318. The van der Waals surface area contributed by atoms with Crippen molar-refractivity contribution in [1.82, 2.24) is 9.38 Å². The summed E-state index contributed by atoms with van der Waals surface area (Å²) in [6.45, 7) is 2.11. The van der Waals surface area contributed by atoms with Crippen molar-refractivity contribution in [3.8, 4) is 0 Å². The summed E-state index contributed by atoms with van der Waals surface area (Å²) in [5, 5.41) is 3.09. The van der Waals surface area contributed by atoms with E-state index in [1.54, 1.807) is 0 Å². The van der Waals surface area contributed by atoms with Crippen molar-refractivity contribution < 1.29 is 4.79 Å². The zero-order valence-electron chi connectivity index (χ0n) is 14.9. The first kappa shape index (κ1) is 16.6. The van der Waals surface area contributed by atoms with E-state index in [9.17, 15) is 4.79 Å². The van der Waals surface area contributed by atoms with Crippen molar-refractivity contribution in [2.45, 2.75) is 32.1 Å². The van der Waals surface area contributed by atoms with Gasteiger partial charge in [-0.1, -0.05) is 31.0 Å². The molecule has 134 valence electrons. The highest BCUT2D eigenvalue weighted by atomic mass is 16.1. The van der Waals surface area contributed by atoms with Gasteiger partial charge in [0.2, 0.25) is 5.91 Å². The lowest BCUT2D eigenvalue weighted by Crippen LogP contribution is -2.26. The largest absolute Gasteiger partial charge is 0.370 e. The summed E-state index contributed by atoms with van der Waals surface area (Å²) < 4.78 is 1.94. The first-order valence-corrected chi connectivity index (χ1v) is 9.36. The fraction of sp³-hybridized carbons (Fsp3) is 0.333. The summed E-state index contributed by atoms with van der Waals surface area (Å²) in [4.78, 5) is 19.5. The number of carbonyl (C=O) groups is 1. The molecule has 0 saturated carbocycles. The van der Waals surface area contributed by atoms with Crippen LogP contribution in [0.1, 0.15) is 31.4 Å². The molecule has 1 aromatic carbocycles. The molecule has 4 rings (SSSR count). The molecule has 0 spiro atoms. The van der Waals surface area contributed by atoms with E-state index in [0.717, 1.165) is 35.8 Å². The molecule has 1 aliphatic rings. The van der Waals surface area contributed by atoms with Crippen molar-refractivity contribution >= 4 is 22.9 Å². The number of nitrogens with one attached hydrogen (secondary N) is 1. The van der Waals surface area contributed by atoms with Crippen LogP contribution in [0.15, 0.2) is 54.9 Å². The predicted molar refractivity (Wildman–Crippen MR) is 105 cm³/mol. The maximum absolute atomic E-state index is 12.6. The Morgan fingerprint density at radius 2 is 1.77 bits per heavy atom. The molecule has 1 N–H and O–H groups in total. The molecule has 3 heterocycles. The second-order valence-corrected chi connectivity index (χ2v) is 6.84. The Morgan fingerprint density at radius 1 is 1.00 bits per heavy atom. The average molecular weight is 348 g/mol. The number of aromatic nitrogens is 2. The van der Waals surface area contributed by atoms with E-state index in [-0.39, 0.29) is 12.3 Å². The summed E-state index contributed by atoms with van der Waals surface area (Å²) in [6.07, 6.45) is 9.13. The first-order chi connectivity index (χ1) is 12.8. The highest BCUT2D eigenvalue weighted by Gasteiger charge is 2.15. The number of rotatable bonds is 4. The van der Waals surface area contributed by atoms with E-state index < -0.39 is 0 Å². The topological polar surface area (TPSA) is 49.6 Å². The van der Waals surface area contributed by atoms with E-state index in [0.29, 0.717) is 0 Å². The molecule has 0 aliphatic carbocycles. The van der Waals surface area contributed by atoms with Crippen LogP contribution in [-0.4, -0.2) is 28.4 Å². The predicted octanol–water partition coefficient (Wildman–Crippen LogP) is 3.90. The van der Waals surface area contributed by atoms with E-state index >= 15 is 0 Å². The quantitative estimate of drug-likeness (QED) is 0.778. The Hall–Kier alpha value is -2.82. The van der Waals surface area contributed by atoms with Crippen LogP contribution in [0, 0.1) is 0 Å². The average Bonchev–Trinajstić information content (AvgIpc) is 2.86. The van der Waals surface area contributed by atoms with Gasteiger partial charge in [-0.3, -0.25) is 4.79 Å². The number of anilines is 2. The van der Waals surface area contributed by atoms with Crippen LogP contribution in [0.25, 0.3) is 5.65 Å². The third kappa shape index (κ3) is 3.72. The molecular weight excluding hydrogens is 324 g/mol. The molecule has 26 heavy (non-hydrogen) atoms. The number of hydrogen-bond donors (Lipinski definition) is 1. The molecule has 1 amide bonds. The Balaban J connectivity index is 1.48. The zero-order chi connectivity index (χ0) is 17.8. The third-order valence-electron chi connectivity index (χ3n) is 4.88. The van der Waals surface area contributed by atoms with Crippen molar-refractivity contribution in [1.29, 1.82) is 0 Å². The van der Waals surface area contributed by atoms with Crippen LogP contribution in [-0.2, 0) is 11.2 Å². The summed E-state index contributed by atoms with van der Waals surface area (Å²) in [7, 11) is 0. The van der Waals surface area contributed by atoms with Gasteiger partial charge in [-0.2, -0.15) is 0 Å². The first-order valence-electron chi connectivity index (χ1n) is 9.36. The van der Waals surface area contributed by atoms with Gasteiger partial charge in [0.25, 0.3) is 0 Å². The SMILES string of the molecule is O=C(Cc1cn2ccccc2n1)Nc1ccccc1N1CCCCCC1. The van der Waals surface area contributed by atoms with E-state index in [2.05, 4.69) is 21.3 Å². The second-order valence-electron chi connectivity index (χ2n) is 6.84. The van der Waals surface area contributed by atoms with Crippen LogP contribution in [0.4, 0.5) is 11.4 Å². The van der Waals surface area contributed by atoms with E-state index in [1.807, 2.05) is 53.2 Å². The number of imidazole rings is 1. The summed E-state index contributed by atoms with van der Waals surface area (Å²) in [6, 6.07) is 13.9. The normalized spacial score (nSPS) is 15.0. The van der Waals surface area contributed by atoms with Crippen LogP contribution in [0.3, 0.4) is 0 Å². The van der Waals surface area contributed by atoms with Crippen molar-refractivity contribution in [3.05, 3.63) is 60.6 Å². The smallest absolute Gasteiger partial charge is 0.230 e. The summed E-state index contributed by atoms with van der Waals surface area (Å²) in [5.74, 6) is -0.0318. The lowest BCUT2D eigenvalue weighted by atomic mass is 10.2. The number of benzene rings is 1. The van der Waals surface area contributed by atoms with Gasteiger partial charge in [0.05, 0.1) is 23.5 Å². The molecule has 5 nitrogen and oxygen atoms in total. The minimum atomic E-state index is -0.0318. The van der Waals surface area contributed by atoms with Crippen molar-refractivity contribution in [2.24, 2.45) is 0 Å². The monoisotopic (exact) mass is 348 g/mol. The van der Waals surface area contributed by atoms with Crippen LogP contribution in [0.2, 0.25) is 0 Å². The molecule has 2 aromatic heterocycles. The fourth-order valence-corrected chi connectivity index (χ4v) is 3.60. The van der Waals surface area contributed by atoms with Crippen molar-refractivity contribution in [2.75, 3.05) is 23.3 Å². The van der Waals surface area contributed by atoms with Gasteiger partial charge in [0, 0.05) is 25.5 Å². The zero-order valence-corrected chi connectivity index (χ0v) is 14.9. The Bertz CT molecular complexity index is 861. The number of amides is 1. The lowest BCUT2D eigenvalue weighted by molar-refractivity contribution is -0.115. The van der Waals surface area contributed by atoms with Crippen LogP contribution in [0.5, 0.6) is 0 Å².